The zero-order valence-electron chi connectivity index (χ0n) is 15.5. The minimum atomic E-state index is 0.606. The monoisotopic (exact) mass is 343 g/mol. The smallest absolute Gasteiger partial charge is 0.287 e. The number of aromatic nitrogens is 4. The van der Waals surface area contributed by atoms with Crippen LogP contribution < -0.4 is 4.57 Å². The van der Waals surface area contributed by atoms with Crippen molar-refractivity contribution in [2.45, 2.75) is 40.3 Å². The van der Waals surface area contributed by atoms with Crippen molar-refractivity contribution in [1.29, 1.82) is 0 Å². The summed E-state index contributed by atoms with van der Waals surface area (Å²) in [5.74, 6) is 0.606. The molecule has 0 radical (unpaired) electrons. The van der Waals surface area contributed by atoms with Crippen LogP contribution in [0.15, 0.2) is 42.7 Å². The first-order chi connectivity index (χ1) is 12.7. The summed E-state index contributed by atoms with van der Waals surface area (Å²) >= 11 is 0. The summed E-state index contributed by atoms with van der Waals surface area (Å²) in [4.78, 5) is 9.73. The normalized spacial score (nSPS) is 12.9. The van der Waals surface area contributed by atoms with Crippen molar-refractivity contribution in [2.24, 2.45) is 5.92 Å². The van der Waals surface area contributed by atoms with Gasteiger partial charge in [0, 0.05) is 35.4 Å². The highest BCUT2D eigenvalue weighted by molar-refractivity contribution is 6.08. The van der Waals surface area contributed by atoms with E-state index in [0.717, 1.165) is 36.5 Å². The lowest BCUT2D eigenvalue weighted by molar-refractivity contribution is -0.675. The second-order valence-corrected chi connectivity index (χ2v) is 7.61. The van der Waals surface area contributed by atoms with Crippen molar-refractivity contribution in [3.8, 4) is 11.3 Å². The Morgan fingerprint density at radius 1 is 1.15 bits per heavy atom. The molecule has 0 aliphatic carbocycles. The van der Waals surface area contributed by atoms with E-state index in [1.165, 1.54) is 27.5 Å². The van der Waals surface area contributed by atoms with Gasteiger partial charge in [0.2, 0.25) is 0 Å². The van der Waals surface area contributed by atoms with Gasteiger partial charge in [-0.05, 0) is 25.0 Å². The fourth-order valence-corrected chi connectivity index (χ4v) is 4.19. The Kier molecular flexibility index (Phi) is 3.36. The zero-order chi connectivity index (χ0) is 17.8. The first kappa shape index (κ1) is 15.5. The van der Waals surface area contributed by atoms with Gasteiger partial charge in [-0.2, -0.15) is 0 Å². The maximum Gasteiger partial charge on any atom is 0.287 e. The molecule has 4 aromatic rings. The van der Waals surface area contributed by atoms with Crippen LogP contribution in [0.5, 0.6) is 0 Å². The van der Waals surface area contributed by atoms with Crippen molar-refractivity contribution in [3.05, 3.63) is 54.1 Å². The maximum atomic E-state index is 5.08. The summed E-state index contributed by atoms with van der Waals surface area (Å²) in [6.07, 6.45) is 2.99. The van der Waals surface area contributed by atoms with Crippen LogP contribution in [-0.4, -0.2) is 14.5 Å². The molecule has 0 N–H and O–H groups in total. The van der Waals surface area contributed by atoms with Crippen LogP contribution >= 0.6 is 0 Å². The van der Waals surface area contributed by atoms with E-state index in [1.807, 2.05) is 6.33 Å². The number of nitrogens with zero attached hydrogens (tertiary/aromatic N) is 4. The molecular formula is C22H23N4+. The number of rotatable bonds is 3. The van der Waals surface area contributed by atoms with Crippen LogP contribution in [-0.2, 0) is 19.5 Å². The quantitative estimate of drug-likeness (QED) is 0.462. The summed E-state index contributed by atoms with van der Waals surface area (Å²) in [5.41, 5.74) is 7.17. The summed E-state index contributed by atoms with van der Waals surface area (Å²) in [6.45, 7) is 8.39. The Bertz CT molecular complexity index is 1150. The van der Waals surface area contributed by atoms with Gasteiger partial charge < -0.3 is 4.57 Å². The molecule has 5 rings (SSSR count). The van der Waals surface area contributed by atoms with Crippen molar-refractivity contribution < 1.29 is 4.57 Å². The summed E-state index contributed by atoms with van der Waals surface area (Å²) in [7, 11) is 0. The van der Waals surface area contributed by atoms with Crippen LogP contribution in [0.25, 0.3) is 33.2 Å². The first-order valence-corrected chi connectivity index (χ1v) is 9.45. The number of hydrogen-bond acceptors (Lipinski definition) is 2. The molecule has 0 bridgehead atoms. The number of benzene rings is 1. The minimum Gasteiger partial charge on any atom is -0.326 e. The average molecular weight is 343 g/mol. The predicted octanol–water partition coefficient (Wildman–Crippen LogP) is 4.12. The van der Waals surface area contributed by atoms with Gasteiger partial charge in [-0.15, -0.1) is 0 Å². The molecule has 0 atom stereocenters. The molecule has 26 heavy (non-hydrogen) atoms. The number of fused-ring (bicyclic) bond motifs is 6. The highest BCUT2D eigenvalue weighted by Gasteiger charge is 2.27. The molecule has 0 fully saturated rings. The van der Waals surface area contributed by atoms with Gasteiger partial charge >= 0.3 is 0 Å². The molecule has 1 aliphatic rings. The molecule has 4 heteroatoms. The standard InChI is InChI=1S/C22H23N4/c1-4-26-20-8-6-5-7-16(20)17-11-18-19(24-22(17)26)12-25-13-23-15(9-14(2)3)10-21(18)25/h5-8,10-11,13-14H,4,9,12H2,1-3H3/q+1. The molecule has 0 unspecified atom stereocenters. The molecule has 1 aliphatic heterocycles. The Hall–Kier alpha value is -2.75. The van der Waals surface area contributed by atoms with E-state index in [0.29, 0.717) is 5.92 Å². The van der Waals surface area contributed by atoms with Crippen molar-refractivity contribution in [2.75, 3.05) is 0 Å². The highest BCUT2D eigenvalue weighted by atomic mass is 15.1. The van der Waals surface area contributed by atoms with Crippen molar-refractivity contribution in [1.82, 2.24) is 14.5 Å². The minimum absolute atomic E-state index is 0.606. The van der Waals surface area contributed by atoms with Gasteiger partial charge in [0.1, 0.15) is 17.9 Å². The van der Waals surface area contributed by atoms with Gasteiger partial charge in [-0.3, -0.25) is 0 Å². The molecule has 1 aromatic carbocycles. The van der Waals surface area contributed by atoms with E-state index in [2.05, 4.69) is 71.3 Å². The number of hydrogen-bond donors (Lipinski definition) is 0. The largest absolute Gasteiger partial charge is 0.326 e. The Morgan fingerprint density at radius 2 is 2.00 bits per heavy atom. The maximum absolute atomic E-state index is 5.08. The summed E-state index contributed by atoms with van der Waals surface area (Å²) < 4.78 is 4.54. The predicted molar refractivity (Wildman–Crippen MR) is 104 cm³/mol. The van der Waals surface area contributed by atoms with E-state index >= 15 is 0 Å². The van der Waals surface area contributed by atoms with Gasteiger partial charge in [0.15, 0.2) is 5.69 Å². The second-order valence-electron chi connectivity index (χ2n) is 7.61. The van der Waals surface area contributed by atoms with Crippen molar-refractivity contribution >= 4 is 21.9 Å². The van der Waals surface area contributed by atoms with Crippen LogP contribution in [0.4, 0.5) is 0 Å². The van der Waals surface area contributed by atoms with E-state index in [9.17, 15) is 0 Å². The van der Waals surface area contributed by atoms with Gasteiger partial charge in [-0.1, -0.05) is 37.0 Å². The fraction of sp³-hybridized carbons (Fsp3) is 0.318. The molecule has 0 saturated carbocycles. The second kappa shape index (κ2) is 5.63. The molecule has 3 aromatic heterocycles. The van der Waals surface area contributed by atoms with E-state index < -0.39 is 0 Å². The van der Waals surface area contributed by atoms with E-state index in [-0.39, 0.29) is 0 Å². The lowest BCUT2D eigenvalue weighted by atomic mass is 10.1. The topological polar surface area (TPSA) is 34.6 Å². The SMILES string of the molecule is CCn1c2ccccc2c2cc3c(nc21)C[n+]1cnc(CC(C)C)cc1-3. The van der Waals surface area contributed by atoms with Gasteiger partial charge in [-0.25, -0.2) is 9.55 Å². The average Bonchev–Trinajstić information content (AvgIpc) is 3.14. The lowest BCUT2D eigenvalue weighted by Crippen LogP contribution is -2.33. The summed E-state index contributed by atoms with van der Waals surface area (Å²) in [6, 6.07) is 13.2. The van der Waals surface area contributed by atoms with Crippen LogP contribution in [0.3, 0.4) is 0 Å². The third-order valence-electron chi connectivity index (χ3n) is 5.33. The van der Waals surface area contributed by atoms with E-state index in [1.54, 1.807) is 0 Å². The third kappa shape index (κ3) is 2.18. The first-order valence-electron chi connectivity index (χ1n) is 9.45. The highest BCUT2D eigenvalue weighted by Crippen LogP contribution is 2.34. The van der Waals surface area contributed by atoms with Crippen LogP contribution in [0.2, 0.25) is 0 Å². The van der Waals surface area contributed by atoms with E-state index in [4.69, 9.17) is 4.98 Å². The number of para-hydroxylation sites is 1. The number of pyridine rings is 1. The number of aryl methyl sites for hydroxylation is 1. The lowest BCUT2D eigenvalue weighted by Gasteiger charge is -2.03. The van der Waals surface area contributed by atoms with Crippen molar-refractivity contribution in [3.63, 3.8) is 0 Å². The van der Waals surface area contributed by atoms with Crippen LogP contribution in [0.1, 0.15) is 32.2 Å². The molecule has 4 nitrogen and oxygen atoms in total. The third-order valence-corrected chi connectivity index (χ3v) is 5.33. The molecule has 4 heterocycles. The summed E-state index contributed by atoms with van der Waals surface area (Å²) in [5, 5.41) is 2.53. The molecule has 0 spiro atoms. The Morgan fingerprint density at radius 3 is 2.81 bits per heavy atom. The van der Waals surface area contributed by atoms with Crippen LogP contribution in [0, 0.1) is 5.92 Å². The fourth-order valence-electron chi connectivity index (χ4n) is 4.19. The zero-order valence-corrected chi connectivity index (χ0v) is 15.5. The molecule has 0 amide bonds. The Balaban J connectivity index is 1.76. The molecule has 0 saturated heterocycles. The molecular weight excluding hydrogens is 320 g/mol. The van der Waals surface area contributed by atoms with Gasteiger partial charge in [0.05, 0.1) is 11.2 Å². The van der Waals surface area contributed by atoms with Gasteiger partial charge in [0.25, 0.3) is 6.33 Å². The molecule has 130 valence electrons. The Labute approximate surface area is 153 Å².